The summed E-state index contributed by atoms with van der Waals surface area (Å²) in [5.74, 6) is 3.41. The normalized spacial score (nSPS) is 18.1. The van der Waals surface area contributed by atoms with E-state index in [2.05, 4.69) is 17.1 Å². The smallest absolute Gasteiger partial charge is 0.233 e. The highest BCUT2D eigenvalue weighted by Crippen LogP contribution is 2.36. The van der Waals surface area contributed by atoms with Crippen LogP contribution in [0.5, 0.6) is 11.5 Å². The average Bonchev–Trinajstić information content (AvgIpc) is 3.46. The van der Waals surface area contributed by atoms with Gasteiger partial charge in [0.05, 0.1) is 5.75 Å². The van der Waals surface area contributed by atoms with Crippen molar-refractivity contribution in [2.75, 3.05) is 25.4 Å². The number of thioether (sulfide) groups is 1. The predicted octanol–water partition coefficient (Wildman–Crippen LogP) is 3.07. The molecule has 150 valence electrons. The molecule has 1 amide bonds. The molecule has 1 aliphatic carbocycles. The van der Waals surface area contributed by atoms with Gasteiger partial charge in [-0.3, -0.25) is 4.79 Å². The van der Waals surface area contributed by atoms with Gasteiger partial charge in [-0.25, -0.2) is 0 Å². The largest absolute Gasteiger partial charge is 0.485 e. The standard InChI is InChI=1S/C20H26N4O3S/c1-3-10-24(11-14-8-9-14)18(25)13-28-20-22-21-19(23(20)2)17-12-26-15-6-4-5-7-16(15)27-17/h4-7,14,17H,3,8-13H2,1-2H3. The Hall–Kier alpha value is -2.22. The SMILES string of the molecule is CCCN(CC1CC1)C(=O)CSc1nnc(C2COc3ccccc3O2)n1C. The van der Waals surface area contributed by atoms with Crippen LogP contribution in [-0.2, 0) is 11.8 Å². The lowest BCUT2D eigenvalue weighted by Crippen LogP contribution is -2.35. The van der Waals surface area contributed by atoms with Crippen LogP contribution < -0.4 is 9.47 Å². The highest BCUT2D eigenvalue weighted by Gasteiger charge is 2.29. The van der Waals surface area contributed by atoms with Gasteiger partial charge in [-0.1, -0.05) is 30.8 Å². The summed E-state index contributed by atoms with van der Waals surface area (Å²) < 4.78 is 13.7. The van der Waals surface area contributed by atoms with E-state index in [9.17, 15) is 4.79 Å². The van der Waals surface area contributed by atoms with Crippen molar-refractivity contribution in [3.63, 3.8) is 0 Å². The number of hydrogen-bond acceptors (Lipinski definition) is 6. The molecule has 0 spiro atoms. The Morgan fingerprint density at radius 1 is 1.29 bits per heavy atom. The first kappa shape index (κ1) is 19.1. The zero-order chi connectivity index (χ0) is 19.5. The highest BCUT2D eigenvalue weighted by atomic mass is 32.2. The number of rotatable bonds is 8. The first-order valence-electron chi connectivity index (χ1n) is 9.84. The van der Waals surface area contributed by atoms with Crippen LogP contribution in [-0.4, -0.2) is 51.0 Å². The molecular formula is C20H26N4O3S. The average molecular weight is 403 g/mol. The van der Waals surface area contributed by atoms with E-state index in [1.807, 2.05) is 40.8 Å². The molecule has 2 aromatic rings. The Balaban J connectivity index is 1.38. The van der Waals surface area contributed by atoms with Gasteiger partial charge in [-0.2, -0.15) is 0 Å². The molecule has 1 unspecified atom stereocenters. The van der Waals surface area contributed by atoms with Crippen molar-refractivity contribution in [2.24, 2.45) is 13.0 Å². The number of carbonyl (C=O) groups is 1. The minimum absolute atomic E-state index is 0.175. The van der Waals surface area contributed by atoms with Gasteiger partial charge in [-0.05, 0) is 37.3 Å². The van der Waals surface area contributed by atoms with Crippen LogP contribution in [0.3, 0.4) is 0 Å². The molecule has 0 radical (unpaired) electrons. The maximum Gasteiger partial charge on any atom is 0.233 e. The van der Waals surface area contributed by atoms with Gasteiger partial charge in [0.15, 0.2) is 28.6 Å². The molecule has 2 heterocycles. The Morgan fingerprint density at radius 3 is 2.82 bits per heavy atom. The first-order chi connectivity index (χ1) is 13.7. The minimum atomic E-state index is -0.316. The molecule has 7 nitrogen and oxygen atoms in total. The second-order valence-corrected chi connectivity index (χ2v) is 8.28. The fourth-order valence-electron chi connectivity index (χ4n) is 3.30. The molecular weight excluding hydrogens is 376 g/mol. The summed E-state index contributed by atoms with van der Waals surface area (Å²) in [7, 11) is 1.90. The number of aromatic nitrogens is 3. The lowest BCUT2D eigenvalue weighted by atomic mass is 10.2. The molecule has 0 saturated heterocycles. The van der Waals surface area contributed by atoms with E-state index in [1.54, 1.807) is 0 Å². The molecule has 1 atom stereocenters. The quantitative estimate of drug-likeness (QED) is 0.632. The molecule has 1 saturated carbocycles. The van der Waals surface area contributed by atoms with Crippen molar-refractivity contribution in [3.8, 4) is 11.5 Å². The Morgan fingerprint density at radius 2 is 2.07 bits per heavy atom. The number of nitrogens with zero attached hydrogens (tertiary/aromatic N) is 4. The van der Waals surface area contributed by atoms with Gasteiger partial charge in [-0.15, -0.1) is 10.2 Å². The molecule has 4 rings (SSSR count). The van der Waals surface area contributed by atoms with Crippen LogP contribution in [0, 0.1) is 5.92 Å². The van der Waals surface area contributed by atoms with Gasteiger partial charge < -0.3 is 18.9 Å². The summed E-state index contributed by atoms with van der Waals surface area (Å²) in [6, 6.07) is 7.60. The molecule has 2 aliphatic rings. The van der Waals surface area contributed by atoms with Gasteiger partial charge in [0.1, 0.15) is 6.61 Å². The zero-order valence-corrected chi connectivity index (χ0v) is 17.2. The molecule has 28 heavy (non-hydrogen) atoms. The van der Waals surface area contributed by atoms with Crippen molar-refractivity contribution in [1.29, 1.82) is 0 Å². The summed E-state index contributed by atoms with van der Waals surface area (Å²) in [4.78, 5) is 14.6. The molecule has 8 heteroatoms. The summed E-state index contributed by atoms with van der Waals surface area (Å²) in [5.41, 5.74) is 0. The third-order valence-corrected chi connectivity index (χ3v) is 6.02. The van der Waals surface area contributed by atoms with Gasteiger partial charge >= 0.3 is 0 Å². The molecule has 1 aromatic heterocycles. The fraction of sp³-hybridized carbons (Fsp3) is 0.550. The van der Waals surface area contributed by atoms with Gasteiger partial charge in [0.25, 0.3) is 0 Å². The van der Waals surface area contributed by atoms with Crippen molar-refractivity contribution >= 4 is 17.7 Å². The lowest BCUT2D eigenvalue weighted by Gasteiger charge is -2.25. The topological polar surface area (TPSA) is 69.5 Å². The van der Waals surface area contributed by atoms with Crippen LogP contribution in [0.15, 0.2) is 29.4 Å². The summed E-state index contributed by atoms with van der Waals surface area (Å²) in [6.07, 6.45) is 3.17. The number of hydrogen-bond donors (Lipinski definition) is 0. The first-order valence-corrected chi connectivity index (χ1v) is 10.8. The van der Waals surface area contributed by atoms with E-state index < -0.39 is 0 Å². The van der Waals surface area contributed by atoms with E-state index in [0.717, 1.165) is 25.3 Å². The number of benzene rings is 1. The third-order valence-electron chi connectivity index (χ3n) is 5.01. The Labute approximate surface area is 169 Å². The number of carbonyl (C=O) groups excluding carboxylic acids is 1. The second-order valence-electron chi connectivity index (χ2n) is 7.34. The van der Waals surface area contributed by atoms with Crippen molar-refractivity contribution in [1.82, 2.24) is 19.7 Å². The lowest BCUT2D eigenvalue weighted by molar-refractivity contribution is -0.128. The Kier molecular flexibility index (Phi) is 5.75. The van der Waals surface area contributed by atoms with E-state index in [1.165, 1.54) is 24.6 Å². The fourth-order valence-corrected chi connectivity index (χ4v) is 4.12. The van der Waals surface area contributed by atoms with Crippen LogP contribution in [0.4, 0.5) is 0 Å². The number of amides is 1. The molecule has 0 bridgehead atoms. The minimum Gasteiger partial charge on any atom is -0.485 e. The van der Waals surface area contributed by atoms with E-state index >= 15 is 0 Å². The second kappa shape index (κ2) is 8.43. The van der Waals surface area contributed by atoms with Crippen molar-refractivity contribution < 1.29 is 14.3 Å². The maximum atomic E-state index is 12.6. The van der Waals surface area contributed by atoms with E-state index in [4.69, 9.17) is 9.47 Å². The van der Waals surface area contributed by atoms with Crippen molar-refractivity contribution in [2.45, 2.75) is 37.4 Å². The van der Waals surface area contributed by atoms with Gasteiger partial charge in [0, 0.05) is 20.1 Å². The van der Waals surface area contributed by atoms with Gasteiger partial charge in [0.2, 0.25) is 5.91 Å². The monoisotopic (exact) mass is 402 g/mol. The van der Waals surface area contributed by atoms with E-state index in [-0.39, 0.29) is 12.0 Å². The molecule has 1 aromatic carbocycles. The van der Waals surface area contributed by atoms with Crippen molar-refractivity contribution in [3.05, 3.63) is 30.1 Å². The number of ether oxygens (including phenoxy) is 2. The summed E-state index contributed by atoms with van der Waals surface area (Å²) in [5, 5.41) is 9.28. The zero-order valence-electron chi connectivity index (χ0n) is 16.3. The molecule has 0 N–H and O–H groups in total. The van der Waals surface area contributed by atoms with Crippen LogP contribution >= 0.6 is 11.8 Å². The summed E-state index contributed by atoms with van der Waals surface area (Å²) in [6.45, 7) is 4.22. The van der Waals surface area contributed by atoms with Crippen LogP contribution in [0.2, 0.25) is 0 Å². The number of para-hydroxylation sites is 2. The Bertz CT molecular complexity index is 837. The van der Waals surface area contributed by atoms with E-state index in [0.29, 0.717) is 35.0 Å². The molecule has 1 fully saturated rings. The predicted molar refractivity (Wildman–Crippen MR) is 107 cm³/mol. The third kappa shape index (κ3) is 4.27. The highest BCUT2D eigenvalue weighted by molar-refractivity contribution is 7.99. The molecule has 1 aliphatic heterocycles. The van der Waals surface area contributed by atoms with Crippen LogP contribution in [0.1, 0.15) is 38.1 Å². The maximum absolute atomic E-state index is 12.6. The summed E-state index contributed by atoms with van der Waals surface area (Å²) >= 11 is 1.43. The van der Waals surface area contributed by atoms with Crippen LogP contribution in [0.25, 0.3) is 0 Å². The number of fused-ring (bicyclic) bond motifs is 1.